The summed E-state index contributed by atoms with van der Waals surface area (Å²) in [5.41, 5.74) is 6.95. The van der Waals surface area contributed by atoms with Gasteiger partial charge >= 0.3 is 0 Å². The summed E-state index contributed by atoms with van der Waals surface area (Å²) in [5, 5.41) is 0. The fourth-order valence-corrected chi connectivity index (χ4v) is 1.70. The van der Waals surface area contributed by atoms with Gasteiger partial charge in [-0.05, 0) is 25.0 Å². The summed E-state index contributed by atoms with van der Waals surface area (Å²) in [6.45, 7) is 3.32. The van der Waals surface area contributed by atoms with Crippen LogP contribution in [0.3, 0.4) is 0 Å². The average molecular weight is 253 g/mol. The van der Waals surface area contributed by atoms with Crippen molar-refractivity contribution in [1.29, 1.82) is 0 Å². The second-order valence-electron chi connectivity index (χ2n) is 4.35. The van der Waals surface area contributed by atoms with Crippen LogP contribution < -0.4 is 15.2 Å². The van der Waals surface area contributed by atoms with Crippen LogP contribution >= 0.6 is 0 Å². The normalized spacial score (nSPS) is 12.2. The molecular formula is C14H23NO3. The quantitative estimate of drug-likeness (QED) is 0.720. The topological polar surface area (TPSA) is 53.7 Å². The van der Waals surface area contributed by atoms with Crippen molar-refractivity contribution in [2.75, 3.05) is 27.4 Å². The molecule has 1 atom stereocenters. The van der Waals surface area contributed by atoms with Gasteiger partial charge in [0.15, 0.2) is 0 Å². The Morgan fingerprint density at radius 3 is 2.61 bits per heavy atom. The number of hydrogen-bond donors (Lipinski definition) is 1. The fraction of sp³-hybridized carbons (Fsp3) is 0.571. The van der Waals surface area contributed by atoms with Gasteiger partial charge in [-0.3, -0.25) is 0 Å². The summed E-state index contributed by atoms with van der Waals surface area (Å²) in [5.74, 6) is 1.65. The van der Waals surface area contributed by atoms with E-state index in [0.29, 0.717) is 13.2 Å². The van der Waals surface area contributed by atoms with E-state index in [0.717, 1.165) is 29.9 Å². The Kier molecular flexibility index (Phi) is 6.54. The van der Waals surface area contributed by atoms with Gasteiger partial charge in [0, 0.05) is 32.2 Å². The van der Waals surface area contributed by atoms with Crippen molar-refractivity contribution in [1.82, 2.24) is 0 Å². The Hall–Kier alpha value is -1.26. The zero-order chi connectivity index (χ0) is 13.4. The molecule has 0 spiro atoms. The Labute approximate surface area is 109 Å². The van der Waals surface area contributed by atoms with E-state index in [-0.39, 0.29) is 6.04 Å². The van der Waals surface area contributed by atoms with Crippen molar-refractivity contribution in [2.45, 2.75) is 25.8 Å². The molecule has 0 saturated carbocycles. The zero-order valence-corrected chi connectivity index (χ0v) is 11.4. The highest BCUT2D eigenvalue weighted by molar-refractivity contribution is 5.41. The molecule has 0 saturated heterocycles. The molecule has 0 aliphatic heterocycles. The van der Waals surface area contributed by atoms with Crippen molar-refractivity contribution in [3.63, 3.8) is 0 Å². The van der Waals surface area contributed by atoms with Crippen molar-refractivity contribution in [2.24, 2.45) is 5.73 Å². The van der Waals surface area contributed by atoms with Gasteiger partial charge < -0.3 is 19.9 Å². The van der Waals surface area contributed by atoms with Gasteiger partial charge in [0.25, 0.3) is 0 Å². The first-order chi connectivity index (χ1) is 8.67. The van der Waals surface area contributed by atoms with Gasteiger partial charge in [-0.25, -0.2) is 0 Å². The molecule has 0 fully saturated rings. The Bertz CT molecular complexity index is 353. The highest BCUT2D eigenvalue weighted by Crippen LogP contribution is 2.26. The van der Waals surface area contributed by atoms with Gasteiger partial charge in [0.2, 0.25) is 0 Å². The van der Waals surface area contributed by atoms with Crippen LogP contribution in [0.25, 0.3) is 0 Å². The molecule has 1 unspecified atom stereocenters. The maximum Gasteiger partial charge on any atom is 0.126 e. The van der Waals surface area contributed by atoms with Gasteiger partial charge in [0.1, 0.15) is 11.5 Å². The van der Waals surface area contributed by atoms with Crippen molar-refractivity contribution in [3.8, 4) is 11.5 Å². The summed E-state index contributed by atoms with van der Waals surface area (Å²) in [6, 6.07) is 5.96. The van der Waals surface area contributed by atoms with Crippen LogP contribution in [0.2, 0.25) is 0 Å². The minimum Gasteiger partial charge on any atom is -0.497 e. The number of methoxy groups -OCH3 is 2. The molecule has 0 amide bonds. The van der Waals surface area contributed by atoms with Gasteiger partial charge in [0.05, 0.1) is 13.7 Å². The van der Waals surface area contributed by atoms with Crippen LogP contribution in [-0.4, -0.2) is 33.5 Å². The highest BCUT2D eigenvalue weighted by Gasteiger charge is 2.08. The molecule has 0 bridgehead atoms. The summed E-state index contributed by atoms with van der Waals surface area (Å²) >= 11 is 0. The first-order valence-corrected chi connectivity index (χ1v) is 6.21. The number of nitrogens with two attached hydrogens (primary N) is 1. The van der Waals surface area contributed by atoms with Gasteiger partial charge in [-0.1, -0.05) is 6.07 Å². The highest BCUT2D eigenvalue weighted by atomic mass is 16.5. The maximum absolute atomic E-state index is 5.83. The average Bonchev–Trinajstić information content (AvgIpc) is 2.35. The van der Waals surface area contributed by atoms with E-state index in [4.69, 9.17) is 19.9 Å². The summed E-state index contributed by atoms with van der Waals surface area (Å²) in [7, 11) is 3.34. The second-order valence-corrected chi connectivity index (χ2v) is 4.35. The lowest BCUT2D eigenvalue weighted by atomic mass is 10.1. The Morgan fingerprint density at radius 2 is 2.00 bits per heavy atom. The van der Waals surface area contributed by atoms with E-state index in [1.807, 2.05) is 25.1 Å². The molecule has 0 aliphatic rings. The summed E-state index contributed by atoms with van der Waals surface area (Å²) in [4.78, 5) is 0. The molecule has 0 heterocycles. The minimum absolute atomic E-state index is 0.111. The molecule has 1 rings (SSSR count). The largest absolute Gasteiger partial charge is 0.497 e. The lowest BCUT2D eigenvalue weighted by Crippen LogP contribution is -2.18. The maximum atomic E-state index is 5.83. The first-order valence-electron chi connectivity index (χ1n) is 6.21. The molecule has 1 aromatic rings. The third-order valence-electron chi connectivity index (χ3n) is 2.57. The van der Waals surface area contributed by atoms with E-state index in [1.165, 1.54) is 0 Å². The molecule has 0 radical (unpaired) electrons. The van der Waals surface area contributed by atoms with Crippen LogP contribution in [0, 0.1) is 0 Å². The smallest absolute Gasteiger partial charge is 0.126 e. The van der Waals surface area contributed by atoms with E-state index in [2.05, 4.69) is 0 Å². The standard InChI is InChI=1S/C14H23NO3/c1-11(15)9-12-5-6-13(17-3)10-14(12)18-8-4-7-16-2/h5-6,10-11H,4,7-9,15H2,1-3H3. The van der Waals surface area contributed by atoms with Crippen molar-refractivity contribution < 1.29 is 14.2 Å². The van der Waals surface area contributed by atoms with Crippen molar-refractivity contribution >= 4 is 0 Å². The lowest BCUT2D eigenvalue weighted by molar-refractivity contribution is 0.171. The van der Waals surface area contributed by atoms with Gasteiger partial charge in [-0.15, -0.1) is 0 Å². The molecule has 0 aliphatic carbocycles. The number of hydrogen-bond acceptors (Lipinski definition) is 4. The number of rotatable bonds is 8. The van der Waals surface area contributed by atoms with Crippen LogP contribution in [0.15, 0.2) is 18.2 Å². The van der Waals surface area contributed by atoms with Crippen LogP contribution in [0.5, 0.6) is 11.5 Å². The Balaban J connectivity index is 2.69. The second kappa shape index (κ2) is 7.95. The number of ether oxygens (including phenoxy) is 3. The molecule has 4 heteroatoms. The molecule has 4 nitrogen and oxygen atoms in total. The van der Waals surface area contributed by atoms with Crippen LogP contribution in [0.4, 0.5) is 0 Å². The molecule has 0 aromatic heterocycles. The van der Waals surface area contributed by atoms with E-state index in [1.54, 1.807) is 14.2 Å². The SMILES string of the molecule is COCCCOc1cc(OC)ccc1CC(C)N. The number of benzene rings is 1. The van der Waals surface area contributed by atoms with Crippen molar-refractivity contribution in [3.05, 3.63) is 23.8 Å². The molecular weight excluding hydrogens is 230 g/mol. The first kappa shape index (κ1) is 14.8. The summed E-state index contributed by atoms with van der Waals surface area (Å²) < 4.78 is 16.0. The van der Waals surface area contributed by atoms with Gasteiger partial charge in [-0.2, -0.15) is 0 Å². The van der Waals surface area contributed by atoms with E-state index in [9.17, 15) is 0 Å². The van der Waals surface area contributed by atoms with E-state index >= 15 is 0 Å². The Morgan fingerprint density at radius 1 is 1.22 bits per heavy atom. The summed E-state index contributed by atoms with van der Waals surface area (Å²) in [6.07, 6.45) is 1.66. The third kappa shape index (κ3) is 4.94. The van der Waals surface area contributed by atoms with Crippen LogP contribution in [0.1, 0.15) is 18.9 Å². The van der Waals surface area contributed by atoms with E-state index < -0.39 is 0 Å². The lowest BCUT2D eigenvalue weighted by Gasteiger charge is -2.14. The third-order valence-corrected chi connectivity index (χ3v) is 2.57. The minimum atomic E-state index is 0.111. The predicted octanol–water partition coefficient (Wildman–Crippen LogP) is 2.00. The molecule has 18 heavy (non-hydrogen) atoms. The molecule has 102 valence electrons. The molecule has 2 N–H and O–H groups in total. The molecule has 1 aromatic carbocycles. The predicted molar refractivity (Wildman–Crippen MR) is 72.3 cm³/mol. The monoisotopic (exact) mass is 253 g/mol. The van der Waals surface area contributed by atoms with Crippen LogP contribution in [-0.2, 0) is 11.2 Å². The zero-order valence-electron chi connectivity index (χ0n) is 11.4. The fourth-order valence-electron chi connectivity index (χ4n) is 1.70.